The van der Waals surface area contributed by atoms with Crippen molar-refractivity contribution in [3.05, 3.63) is 82.7 Å². The molecule has 2 saturated heterocycles. The number of rotatable bonds is 6. The molecule has 1 aliphatic carbocycles. The molecule has 3 aromatic rings. The highest BCUT2D eigenvalue weighted by Gasteiger charge is 2.42. The number of para-hydroxylation sites is 1. The van der Waals surface area contributed by atoms with Crippen LogP contribution in [0, 0.1) is 0 Å². The van der Waals surface area contributed by atoms with E-state index in [0.717, 1.165) is 24.6 Å². The highest BCUT2D eigenvalue weighted by molar-refractivity contribution is 5.96. The van der Waals surface area contributed by atoms with Crippen LogP contribution in [0.15, 0.2) is 54.7 Å². The third-order valence-electron chi connectivity index (χ3n) is 8.69. The molecule has 0 bridgehead atoms. The second-order valence-electron chi connectivity index (χ2n) is 11.4. The van der Waals surface area contributed by atoms with Crippen LogP contribution in [0.25, 0.3) is 0 Å². The molecule has 2 aliphatic heterocycles. The number of likely N-dealkylation sites (tertiary alicyclic amines) is 2. The molecule has 1 atom stereocenters. The number of nitrogens with zero attached hydrogens (tertiary/aromatic N) is 4. The summed E-state index contributed by atoms with van der Waals surface area (Å²) in [5, 5.41) is 17.1. The maximum absolute atomic E-state index is 13.9. The van der Waals surface area contributed by atoms with Crippen LogP contribution in [0.1, 0.15) is 89.3 Å². The quantitative estimate of drug-likeness (QED) is 0.367. The van der Waals surface area contributed by atoms with E-state index in [1.807, 2.05) is 4.68 Å². The molecule has 3 aliphatic rings. The zero-order valence-corrected chi connectivity index (χ0v) is 23.2. The first-order valence-corrected chi connectivity index (χ1v) is 14.6. The summed E-state index contributed by atoms with van der Waals surface area (Å²) in [5.41, 5.74) is 2.03. The molecule has 1 aromatic heterocycles. The van der Waals surface area contributed by atoms with Gasteiger partial charge in [0.25, 0.3) is 5.91 Å². The first-order valence-electron chi connectivity index (χ1n) is 14.6. The lowest BCUT2D eigenvalue weighted by atomic mass is 9.97. The van der Waals surface area contributed by atoms with Crippen LogP contribution in [0.2, 0.25) is 0 Å². The summed E-state index contributed by atoms with van der Waals surface area (Å²) in [6.07, 6.45) is 1.42. The monoisotopic (exact) mass is 581 g/mol. The van der Waals surface area contributed by atoms with E-state index >= 15 is 0 Å². The minimum atomic E-state index is -4.49. The van der Waals surface area contributed by atoms with E-state index in [9.17, 15) is 27.9 Å². The predicted molar refractivity (Wildman–Crippen MR) is 150 cm³/mol. The molecular weight excluding hydrogens is 547 g/mol. The van der Waals surface area contributed by atoms with Gasteiger partial charge in [-0.1, -0.05) is 36.4 Å². The van der Waals surface area contributed by atoms with Gasteiger partial charge in [-0.2, -0.15) is 18.3 Å². The zero-order valence-electron chi connectivity index (χ0n) is 23.2. The number of urea groups is 1. The Morgan fingerprint density at radius 1 is 0.952 bits per heavy atom. The van der Waals surface area contributed by atoms with Crippen molar-refractivity contribution in [2.75, 3.05) is 25.0 Å². The number of carbonyl (C=O) groups excluding carboxylic acids is 2. The fraction of sp³-hybridized carbons (Fsp3) is 0.452. The Bertz CT molecular complexity index is 1460. The number of aliphatic hydroxyl groups excluding tert-OH is 1. The number of piperidine rings is 1. The number of benzene rings is 2. The lowest BCUT2D eigenvalue weighted by Crippen LogP contribution is -2.42. The molecule has 1 unspecified atom stereocenters. The molecular formula is C31H34F3N5O3. The molecule has 222 valence electrons. The van der Waals surface area contributed by atoms with Crippen molar-refractivity contribution in [3.63, 3.8) is 0 Å². The molecule has 8 nitrogen and oxygen atoms in total. The van der Waals surface area contributed by atoms with Gasteiger partial charge in [0.15, 0.2) is 0 Å². The Kier molecular flexibility index (Phi) is 7.69. The standard InChI is InChI=1S/C31H34F3N5O3/c32-31(33,34)25-8-3-2-7-23(25)27-10-5-15-38(27)29(41)24-18-35-39(28(24)20-11-12-20)22-13-16-37(17-14-22)30(42)36-26-9-4-1-6-21(26)19-40/h1-4,6-9,18,20,22,27,40H,5,10-17,19H2,(H,36,42). The number of amides is 3. The smallest absolute Gasteiger partial charge is 0.392 e. The van der Waals surface area contributed by atoms with Gasteiger partial charge < -0.3 is 20.2 Å². The predicted octanol–water partition coefficient (Wildman–Crippen LogP) is 6.12. The molecule has 3 fully saturated rings. The highest BCUT2D eigenvalue weighted by atomic mass is 19.4. The summed E-state index contributed by atoms with van der Waals surface area (Å²) in [6, 6.07) is 11.8. The molecule has 2 aromatic carbocycles. The van der Waals surface area contributed by atoms with Gasteiger partial charge in [0.2, 0.25) is 0 Å². The van der Waals surface area contributed by atoms with Gasteiger partial charge in [0, 0.05) is 36.8 Å². The van der Waals surface area contributed by atoms with E-state index in [4.69, 9.17) is 0 Å². The summed E-state index contributed by atoms with van der Waals surface area (Å²) in [5.74, 6) is -0.0618. The number of halogens is 3. The lowest BCUT2D eigenvalue weighted by molar-refractivity contribution is -0.138. The largest absolute Gasteiger partial charge is 0.416 e. The van der Waals surface area contributed by atoms with Crippen molar-refractivity contribution in [1.82, 2.24) is 19.6 Å². The van der Waals surface area contributed by atoms with Crippen molar-refractivity contribution in [3.8, 4) is 0 Å². The fourth-order valence-corrected chi connectivity index (χ4v) is 6.41. The van der Waals surface area contributed by atoms with Gasteiger partial charge in [-0.25, -0.2) is 4.79 Å². The minimum absolute atomic E-state index is 0.0104. The molecule has 0 radical (unpaired) electrons. The lowest BCUT2D eigenvalue weighted by Gasteiger charge is -2.33. The summed E-state index contributed by atoms with van der Waals surface area (Å²) >= 11 is 0. The zero-order chi connectivity index (χ0) is 29.4. The topological polar surface area (TPSA) is 90.7 Å². The highest BCUT2D eigenvalue weighted by Crippen LogP contribution is 2.45. The maximum Gasteiger partial charge on any atom is 0.416 e. The Morgan fingerprint density at radius 2 is 1.67 bits per heavy atom. The van der Waals surface area contributed by atoms with E-state index in [2.05, 4.69) is 10.4 Å². The Hall–Kier alpha value is -3.86. The van der Waals surface area contributed by atoms with Crippen molar-refractivity contribution < 1.29 is 27.9 Å². The number of alkyl halides is 3. The fourth-order valence-electron chi connectivity index (χ4n) is 6.41. The van der Waals surface area contributed by atoms with Crippen LogP contribution in [-0.2, 0) is 12.8 Å². The van der Waals surface area contributed by atoms with Crippen molar-refractivity contribution >= 4 is 17.6 Å². The molecule has 42 heavy (non-hydrogen) atoms. The van der Waals surface area contributed by atoms with E-state index in [-0.39, 0.29) is 36.1 Å². The van der Waals surface area contributed by atoms with Crippen LogP contribution in [-0.4, -0.2) is 56.3 Å². The molecule has 0 spiro atoms. The van der Waals surface area contributed by atoms with Crippen molar-refractivity contribution in [1.29, 1.82) is 0 Å². The number of anilines is 1. The van der Waals surface area contributed by atoms with Gasteiger partial charge in [-0.15, -0.1) is 0 Å². The Labute approximate surface area is 242 Å². The average Bonchev–Trinajstić information content (AvgIpc) is 3.54. The number of carbonyl (C=O) groups is 2. The summed E-state index contributed by atoms with van der Waals surface area (Å²) in [7, 11) is 0. The third kappa shape index (κ3) is 5.49. The average molecular weight is 582 g/mol. The van der Waals surface area contributed by atoms with Crippen molar-refractivity contribution in [2.45, 2.75) is 69.3 Å². The number of aromatic nitrogens is 2. The van der Waals surface area contributed by atoms with E-state index < -0.39 is 17.8 Å². The van der Waals surface area contributed by atoms with E-state index in [1.54, 1.807) is 46.3 Å². The van der Waals surface area contributed by atoms with Crippen LogP contribution in [0.4, 0.5) is 23.7 Å². The second-order valence-corrected chi connectivity index (χ2v) is 11.4. The molecule has 1 saturated carbocycles. The number of hydrogen-bond acceptors (Lipinski definition) is 4. The molecule has 11 heteroatoms. The second kappa shape index (κ2) is 11.4. The maximum atomic E-state index is 13.9. The Morgan fingerprint density at radius 3 is 2.38 bits per heavy atom. The van der Waals surface area contributed by atoms with Gasteiger partial charge in [-0.3, -0.25) is 9.48 Å². The van der Waals surface area contributed by atoms with Crippen LogP contribution >= 0.6 is 0 Å². The summed E-state index contributed by atoms with van der Waals surface area (Å²) in [6.45, 7) is 1.24. The van der Waals surface area contributed by atoms with Gasteiger partial charge in [0.1, 0.15) is 0 Å². The third-order valence-corrected chi connectivity index (χ3v) is 8.69. The minimum Gasteiger partial charge on any atom is -0.392 e. The first-order chi connectivity index (χ1) is 20.3. The molecule has 3 heterocycles. The van der Waals surface area contributed by atoms with Gasteiger partial charge >= 0.3 is 12.2 Å². The van der Waals surface area contributed by atoms with Crippen LogP contribution < -0.4 is 5.32 Å². The van der Waals surface area contributed by atoms with Crippen LogP contribution in [0.5, 0.6) is 0 Å². The molecule has 3 amide bonds. The summed E-state index contributed by atoms with van der Waals surface area (Å²) < 4.78 is 43.4. The van der Waals surface area contributed by atoms with Gasteiger partial charge in [0.05, 0.1) is 41.7 Å². The molecule has 6 rings (SSSR count). The van der Waals surface area contributed by atoms with E-state index in [1.165, 1.54) is 12.1 Å². The number of aliphatic hydroxyl groups is 1. The Balaban J connectivity index is 1.18. The van der Waals surface area contributed by atoms with E-state index in [0.29, 0.717) is 62.1 Å². The van der Waals surface area contributed by atoms with Crippen molar-refractivity contribution in [2.24, 2.45) is 0 Å². The van der Waals surface area contributed by atoms with Crippen LogP contribution in [0.3, 0.4) is 0 Å². The normalized spacial score (nSPS) is 19.8. The number of nitrogens with one attached hydrogen (secondary N) is 1. The SMILES string of the molecule is O=C(Nc1ccccc1CO)N1CCC(n2ncc(C(=O)N3CCCC3c3ccccc3C(F)(F)F)c2C2CC2)CC1. The first kappa shape index (κ1) is 28.3. The summed E-state index contributed by atoms with van der Waals surface area (Å²) in [4.78, 5) is 30.2. The van der Waals surface area contributed by atoms with Gasteiger partial charge in [-0.05, 0) is 56.2 Å². The number of hydrogen-bond donors (Lipinski definition) is 2. The molecule has 2 N–H and O–H groups in total.